The lowest BCUT2D eigenvalue weighted by Crippen LogP contribution is -2.22. The minimum atomic E-state index is 0.108. The fraction of sp³-hybridized carbons (Fsp3) is 0.417. The second-order valence-electron chi connectivity index (χ2n) is 4.10. The van der Waals surface area contributed by atoms with E-state index in [2.05, 4.69) is 4.99 Å². The number of nitrogens with zero attached hydrogens (tertiary/aromatic N) is 1. The van der Waals surface area contributed by atoms with Gasteiger partial charge in [0.1, 0.15) is 5.75 Å². The SMILES string of the molecule is NC(N)=NCc1ccccc1OCC1CC1. The average Bonchev–Trinajstić information content (AvgIpc) is 3.08. The van der Waals surface area contributed by atoms with Crippen molar-refractivity contribution in [1.82, 2.24) is 0 Å². The molecule has 4 heteroatoms. The lowest BCUT2D eigenvalue weighted by Gasteiger charge is -2.09. The summed E-state index contributed by atoms with van der Waals surface area (Å²) in [5, 5.41) is 0. The van der Waals surface area contributed by atoms with E-state index in [1.54, 1.807) is 0 Å². The molecule has 86 valence electrons. The Bertz CT molecular complexity index is 382. The Hall–Kier alpha value is -1.71. The number of aliphatic imine (C=N–C) groups is 1. The van der Waals surface area contributed by atoms with E-state index in [1.807, 2.05) is 24.3 Å². The van der Waals surface area contributed by atoms with Crippen LogP contribution >= 0.6 is 0 Å². The van der Waals surface area contributed by atoms with E-state index in [0.717, 1.165) is 23.8 Å². The highest BCUT2D eigenvalue weighted by Gasteiger charge is 2.22. The lowest BCUT2D eigenvalue weighted by atomic mass is 10.2. The topological polar surface area (TPSA) is 73.6 Å². The molecule has 0 amide bonds. The van der Waals surface area contributed by atoms with Gasteiger partial charge in [0.25, 0.3) is 0 Å². The van der Waals surface area contributed by atoms with Crippen molar-refractivity contribution in [3.8, 4) is 5.75 Å². The highest BCUT2D eigenvalue weighted by Crippen LogP contribution is 2.30. The third-order valence-corrected chi connectivity index (χ3v) is 2.58. The van der Waals surface area contributed by atoms with Gasteiger partial charge in [-0.15, -0.1) is 0 Å². The first-order chi connectivity index (χ1) is 7.75. The Kier molecular flexibility index (Phi) is 3.29. The molecule has 0 unspecified atom stereocenters. The van der Waals surface area contributed by atoms with E-state index >= 15 is 0 Å². The summed E-state index contributed by atoms with van der Waals surface area (Å²) in [6.07, 6.45) is 2.58. The van der Waals surface area contributed by atoms with Gasteiger partial charge in [-0.25, -0.2) is 4.99 Å². The highest BCUT2D eigenvalue weighted by molar-refractivity contribution is 5.75. The Morgan fingerprint density at radius 3 is 2.75 bits per heavy atom. The molecule has 0 saturated heterocycles. The van der Waals surface area contributed by atoms with Crippen LogP contribution in [0.4, 0.5) is 0 Å². The molecule has 1 aromatic rings. The van der Waals surface area contributed by atoms with Crippen LogP contribution in [0.2, 0.25) is 0 Å². The van der Waals surface area contributed by atoms with Crippen molar-refractivity contribution < 1.29 is 4.74 Å². The quantitative estimate of drug-likeness (QED) is 0.578. The molecule has 0 heterocycles. The number of ether oxygens (including phenoxy) is 1. The van der Waals surface area contributed by atoms with Gasteiger partial charge in [0.2, 0.25) is 0 Å². The molecular weight excluding hydrogens is 202 g/mol. The van der Waals surface area contributed by atoms with Crippen LogP contribution in [0.25, 0.3) is 0 Å². The second-order valence-corrected chi connectivity index (χ2v) is 4.10. The van der Waals surface area contributed by atoms with E-state index in [-0.39, 0.29) is 5.96 Å². The Labute approximate surface area is 95.3 Å². The van der Waals surface area contributed by atoms with Gasteiger partial charge >= 0.3 is 0 Å². The zero-order valence-corrected chi connectivity index (χ0v) is 9.23. The van der Waals surface area contributed by atoms with Crippen molar-refractivity contribution >= 4 is 5.96 Å². The summed E-state index contributed by atoms with van der Waals surface area (Å²) in [7, 11) is 0. The van der Waals surface area contributed by atoms with Gasteiger partial charge in [-0.1, -0.05) is 18.2 Å². The van der Waals surface area contributed by atoms with Gasteiger partial charge in [0.15, 0.2) is 5.96 Å². The first-order valence-corrected chi connectivity index (χ1v) is 5.52. The molecule has 0 aromatic heterocycles. The first kappa shape index (κ1) is 10.8. The maximum absolute atomic E-state index is 5.74. The van der Waals surface area contributed by atoms with Gasteiger partial charge in [0, 0.05) is 5.56 Å². The summed E-state index contributed by atoms with van der Waals surface area (Å²) >= 11 is 0. The van der Waals surface area contributed by atoms with Gasteiger partial charge in [-0.05, 0) is 24.8 Å². The summed E-state index contributed by atoms with van der Waals surface area (Å²) in [5.41, 5.74) is 11.6. The predicted octanol–water partition coefficient (Wildman–Crippen LogP) is 1.25. The Morgan fingerprint density at radius 1 is 1.31 bits per heavy atom. The van der Waals surface area contributed by atoms with Crippen LogP contribution in [0, 0.1) is 5.92 Å². The van der Waals surface area contributed by atoms with Crippen molar-refractivity contribution in [2.75, 3.05) is 6.61 Å². The van der Waals surface area contributed by atoms with Crippen molar-refractivity contribution in [2.24, 2.45) is 22.4 Å². The van der Waals surface area contributed by atoms with Crippen LogP contribution in [0.5, 0.6) is 5.75 Å². The van der Waals surface area contributed by atoms with E-state index in [1.165, 1.54) is 12.8 Å². The number of para-hydroxylation sites is 1. The summed E-state index contributed by atoms with van der Waals surface area (Å²) in [6, 6.07) is 7.86. The van der Waals surface area contributed by atoms with Crippen molar-refractivity contribution in [3.05, 3.63) is 29.8 Å². The number of hydrogen-bond acceptors (Lipinski definition) is 2. The summed E-state index contributed by atoms with van der Waals surface area (Å²) in [6.45, 7) is 1.28. The molecule has 0 spiro atoms. The van der Waals surface area contributed by atoms with Crippen LogP contribution in [-0.2, 0) is 6.54 Å². The molecule has 1 fully saturated rings. The molecular formula is C12H17N3O. The van der Waals surface area contributed by atoms with Gasteiger partial charge in [0.05, 0.1) is 13.2 Å². The molecule has 4 nitrogen and oxygen atoms in total. The van der Waals surface area contributed by atoms with Crippen molar-refractivity contribution in [2.45, 2.75) is 19.4 Å². The number of guanidine groups is 1. The number of hydrogen-bond donors (Lipinski definition) is 2. The molecule has 0 atom stereocenters. The lowest BCUT2D eigenvalue weighted by molar-refractivity contribution is 0.297. The zero-order valence-electron chi connectivity index (χ0n) is 9.23. The molecule has 1 aliphatic rings. The summed E-state index contributed by atoms with van der Waals surface area (Å²) in [4.78, 5) is 3.99. The van der Waals surface area contributed by atoms with Crippen molar-refractivity contribution in [3.63, 3.8) is 0 Å². The number of benzene rings is 1. The average molecular weight is 219 g/mol. The number of nitrogens with two attached hydrogens (primary N) is 2. The van der Waals surface area contributed by atoms with Crippen LogP contribution < -0.4 is 16.2 Å². The van der Waals surface area contributed by atoms with Gasteiger partial charge in [-0.2, -0.15) is 0 Å². The van der Waals surface area contributed by atoms with Crippen LogP contribution in [0.1, 0.15) is 18.4 Å². The van der Waals surface area contributed by atoms with E-state index in [4.69, 9.17) is 16.2 Å². The van der Waals surface area contributed by atoms with Crippen molar-refractivity contribution in [1.29, 1.82) is 0 Å². The van der Waals surface area contributed by atoms with E-state index < -0.39 is 0 Å². The molecule has 0 aliphatic heterocycles. The Morgan fingerprint density at radius 2 is 2.06 bits per heavy atom. The second kappa shape index (κ2) is 4.88. The standard InChI is InChI=1S/C12H17N3O/c13-12(14)15-7-10-3-1-2-4-11(10)16-8-9-5-6-9/h1-4,9H,5-8H2,(H4,13,14,15). The zero-order chi connectivity index (χ0) is 11.4. The monoisotopic (exact) mass is 219 g/mol. The van der Waals surface area contributed by atoms with Gasteiger partial charge < -0.3 is 16.2 Å². The van der Waals surface area contributed by atoms with E-state index in [9.17, 15) is 0 Å². The van der Waals surface area contributed by atoms with Crippen LogP contribution in [0.15, 0.2) is 29.3 Å². The molecule has 16 heavy (non-hydrogen) atoms. The molecule has 4 N–H and O–H groups in total. The molecule has 2 rings (SSSR count). The Balaban J connectivity index is 2.00. The van der Waals surface area contributed by atoms with E-state index in [0.29, 0.717) is 6.54 Å². The number of rotatable bonds is 5. The molecule has 0 radical (unpaired) electrons. The normalized spacial score (nSPS) is 14.5. The summed E-state index contributed by atoms with van der Waals surface area (Å²) in [5.74, 6) is 1.74. The third-order valence-electron chi connectivity index (χ3n) is 2.58. The largest absolute Gasteiger partial charge is 0.493 e. The summed E-state index contributed by atoms with van der Waals surface area (Å²) < 4.78 is 5.74. The third kappa shape index (κ3) is 3.15. The first-order valence-electron chi connectivity index (χ1n) is 5.52. The van der Waals surface area contributed by atoms with Crippen LogP contribution in [-0.4, -0.2) is 12.6 Å². The fourth-order valence-electron chi connectivity index (χ4n) is 1.44. The molecule has 1 aromatic carbocycles. The van der Waals surface area contributed by atoms with Crippen LogP contribution in [0.3, 0.4) is 0 Å². The minimum Gasteiger partial charge on any atom is -0.493 e. The smallest absolute Gasteiger partial charge is 0.186 e. The fourth-order valence-corrected chi connectivity index (χ4v) is 1.44. The molecule has 0 bridgehead atoms. The molecule has 1 saturated carbocycles. The maximum Gasteiger partial charge on any atom is 0.186 e. The predicted molar refractivity (Wildman–Crippen MR) is 64.2 cm³/mol. The van der Waals surface area contributed by atoms with Gasteiger partial charge in [-0.3, -0.25) is 0 Å². The maximum atomic E-state index is 5.74. The minimum absolute atomic E-state index is 0.108. The molecule has 1 aliphatic carbocycles. The highest BCUT2D eigenvalue weighted by atomic mass is 16.5.